The van der Waals surface area contributed by atoms with Crippen molar-refractivity contribution in [2.45, 2.75) is 20.3 Å². The number of hydrogen-bond acceptors (Lipinski definition) is 4. The van der Waals surface area contributed by atoms with E-state index in [4.69, 9.17) is 10.1 Å². The molecule has 2 heterocycles. The molecule has 0 radical (unpaired) electrons. The number of benzene rings is 2. The Morgan fingerprint density at radius 3 is 2.60 bits per heavy atom. The fourth-order valence-corrected chi connectivity index (χ4v) is 3.57. The number of hydrazone groups is 1. The van der Waals surface area contributed by atoms with Crippen LogP contribution in [-0.2, 0) is 6.42 Å². The van der Waals surface area contributed by atoms with Crippen LogP contribution < -0.4 is 5.43 Å². The maximum absolute atomic E-state index is 4.87. The lowest BCUT2D eigenvalue weighted by atomic mass is 10.0. The van der Waals surface area contributed by atoms with Crippen LogP contribution in [0.5, 0.6) is 0 Å². The molecule has 0 unspecified atom stereocenters. The van der Waals surface area contributed by atoms with Gasteiger partial charge in [-0.3, -0.25) is 5.43 Å². The minimum atomic E-state index is 0.775. The molecular formula is C21H19N3S. The van der Waals surface area contributed by atoms with Gasteiger partial charge in [0.05, 0.1) is 10.6 Å². The molecule has 0 spiro atoms. The third-order valence-electron chi connectivity index (χ3n) is 4.31. The fraction of sp³-hybridized carbons (Fsp3) is 0.143. The number of rotatable bonds is 3. The van der Waals surface area contributed by atoms with Crippen LogP contribution in [0.15, 0.2) is 70.1 Å². The van der Waals surface area contributed by atoms with E-state index in [1.165, 1.54) is 11.1 Å². The van der Waals surface area contributed by atoms with Crippen molar-refractivity contribution >= 4 is 28.6 Å². The number of aliphatic imine (C=N–C) groups is 1. The lowest BCUT2D eigenvalue weighted by molar-refractivity contribution is 1.03. The van der Waals surface area contributed by atoms with E-state index >= 15 is 0 Å². The molecule has 1 aromatic heterocycles. The molecule has 124 valence electrons. The van der Waals surface area contributed by atoms with Crippen molar-refractivity contribution in [2.24, 2.45) is 10.1 Å². The molecule has 0 saturated carbocycles. The van der Waals surface area contributed by atoms with Crippen molar-refractivity contribution < 1.29 is 0 Å². The smallest absolute Gasteiger partial charge is 0.154 e. The molecule has 3 nitrogen and oxygen atoms in total. The van der Waals surface area contributed by atoms with Crippen LogP contribution in [0, 0.1) is 6.92 Å². The standard InChI is InChI=1S/C21H19N3S/c1-3-15-8-11-18-17(13-15)20(19-5-4-12-25-19)23-24-21(22-18)16-9-6-14(2)7-10-16/h4-13H,3H2,1-2H3,(H,22,24). The van der Waals surface area contributed by atoms with Gasteiger partial charge < -0.3 is 0 Å². The van der Waals surface area contributed by atoms with Gasteiger partial charge in [-0.25, -0.2) is 4.99 Å². The molecule has 2 aromatic carbocycles. The van der Waals surface area contributed by atoms with Gasteiger partial charge in [0, 0.05) is 11.1 Å². The van der Waals surface area contributed by atoms with Crippen molar-refractivity contribution in [2.75, 3.05) is 0 Å². The first-order valence-electron chi connectivity index (χ1n) is 8.41. The molecule has 0 bridgehead atoms. The Labute approximate surface area is 151 Å². The van der Waals surface area contributed by atoms with E-state index < -0.39 is 0 Å². The highest BCUT2D eigenvalue weighted by molar-refractivity contribution is 7.12. The fourth-order valence-electron chi connectivity index (χ4n) is 2.85. The predicted octanol–water partition coefficient (Wildman–Crippen LogP) is 5.05. The first-order valence-corrected chi connectivity index (χ1v) is 9.29. The highest BCUT2D eigenvalue weighted by Crippen LogP contribution is 2.28. The maximum atomic E-state index is 4.87. The highest BCUT2D eigenvalue weighted by Gasteiger charge is 2.18. The van der Waals surface area contributed by atoms with E-state index in [-0.39, 0.29) is 0 Å². The van der Waals surface area contributed by atoms with Crippen molar-refractivity contribution in [1.29, 1.82) is 0 Å². The second-order valence-corrected chi connectivity index (χ2v) is 7.03. The van der Waals surface area contributed by atoms with Gasteiger partial charge in [-0.1, -0.05) is 48.9 Å². The lowest BCUT2D eigenvalue weighted by Crippen LogP contribution is -2.19. The van der Waals surface area contributed by atoms with Crippen LogP contribution in [0.3, 0.4) is 0 Å². The average Bonchev–Trinajstić information content (AvgIpc) is 3.10. The van der Waals surface area contributed by atoms with Crippen molar-refractivity contribution in [3.8, 4) is 0 Å². The highest BCUT2D eigenvalue weighted by atomic mass is 32.1. The van der Waals surface area contributed by atoms with Crippen LogP contribution in [0.4, 0.5) is 5.69 Å². The van der Waals surface area contributed by atoms with Crippen LogP contribution in [0.25, 0.3) is 0 Å². The number of aryl methyl sites for hydroxylation is 2. The molecular weight excluding hydrogens is 326 g/mol. The minimum Gasteiger partial charge on any atom is -0.260 e. The Balaban J connectivity index is 1.86. The van der Waals surface area contributed by atoms with Gasteiger partial charge in [-0.15, -0.1) is 11.3 Å². The molecule has 0 fully saturated rings. The molecule has 4 heteroatoms. The molecule has 0 aliphatic carbocycles. The lowest BCUT2D eigenvalue weighted by Gasteiger charge is -2.07. The summed E-state index contributed by atoms with van der Waals surface area (Å²) in [6.45, 7) is 4.25. The normalized spacial score (nSPS) is 13.4. The molecule has 3 aromatic rings. The zero-order chi connectivity index (χ0) is 17.2. The Morgan fingerprint density at radius 2 is 1.88 bits per heavy atom. The zero-order valence-corrected chi connectivity index (χ0v) is 15.1. The zero-order valence-electron chi connectivity index (χ0n) is 14.3. The van der Waals surface area contributed by atoms with Crippen molar-refractivity contribution in [3.63, 3.8) is 0 Å². The monoisotopic (exact) mass is 345 g/mol. The van der Waals surface area contributed by atoms with Gasteiger partial charge in [-0.2, -0.15) is 5.10 Å². The van der Waals surface area contributed by atoms with Gasteiger partial charge in [-0.05, 0) is 42.5 Å². The predicted molar refractivity (Wildman–Crippen MR) is 106 cm³/mol. The Hall–Kier alpha value is -2.72. The second kappa shape index (κ2) is 6.65. The summed E-state index contributed by atoms with van der Waals surface area (Å²) in [5, 5.41) is 6.79. The topological polar surface area (TPSA) is 36.8 Å². The number of fused-ring (bicyclic) bond motifs is 1. The summed E-state index contributed by atoms with van der Waals surface area (Å²) in [5.41, 5.74) is 9.72. The van der Waals surface area contributed by atoms with Crippen LogP contribution >= 0.6 is 11.3 Å². The molecule has 25 heavy (non-hydrogen) atoms. The molecule has 1 aliphatic rings. The van der Waals surface area contributed by atoms with Crippen LogP contribution in [0.1, 0.15) is 34.1 Å². The molecule has 0 atom stereocenters. The van der Waals surface area contributed by atoms with Gasteiger partial charge in [0.1, 0.15) is 5.71 Å². The van der Waals surface area contributed by atoms with E-state index in [1.54, 1.807) is 11.3 Å². The number of amidine groups is 1. The minimum absolute atomic E-state index is 0.775. The first-order chi connectivity index (χ1) is 12.2. The van der Waals surface area contributed by atoms with E-state index in [1.807, 2.05) is 0 Å². The van der Waals surface area contributed by atoms with Crippen LogP contribution in [-0.4, -0.2) is 11.5 Å². The summed E-state index contributed by atoms with van der Waals surface area (Å²) < 4.78 is 0. The maximum Gasteiger partial charge on any atom is 0.154 e. The molecule has 4 rings (SSSR count). The molecule has 1 N–H and O–H groups in total. The van der Waals surface area contributed by atoms with Gasteiger partial charge >= 0.3 is 0 Å². The van der Waals surface area contributed by atoms with E-state index in [2.05, 4.69) is 79.3 Å². The summed E-state index contributed by atoms with van der Waals surface area (Å²) >= 11 is 1.69. The van der Waals surface area contributed by atoms with E-state index in [0.29, 0.717) is 0 Å². The molecule has 0 amide bonds. The summed E-state index contributed by atoms with van der Waals surface area (Å²) in [6.07, 6.45) is 0.993. The van der Waals surface area contributed by atoms with Gasteiger partial charge in [0.15, 0.2) is 5.84 Å². The largest absolute Gasteiger partial charge is 0.260 e. The summed E-state index contributed by atoms with van der Waals surface area (Å²) in [7, 11) is 0. The van der Waals surface area contributed by atoms with E-state index in [0.717, 1.165) is 39.7 Å². The summed E-state index contributed by atoms with van der Waals surface area (Å²) in [5.74, 6) is 0.775. The van der Waals surface area contributed by atoms with Gasteiger partial charge in [0.25, 0.3) is 0 Å². The van der Waals surface area contributed by atoms with Gasteiger partial charge in [0.2, 0.25) is 0 Å². The van der Waals surface area contributed by atoms with E-state index in [9.17, 15) is 0 Å². The quantitative estimate of drug-likeness (QED) is 0.708. The Bertz CT molecular complexity index is 951. The number of nitrogens with zero attached hydrogens (tertiary/aromatic N) is 2. The SMILES string of the molecule is CCc1ccc2c(c1)C(c1cccs1)=NNC(c1ccc(C)cc1)=N2. The second-order valence-electron chi connectivity index (χ2n) is 6.08. The number of nitrogens with one attached hydrogen (secondary N) is 1. The van der Waals surface area contributed by atoms with Crippen molar-refractivity contribution in [3.05, 3.63) is 87.1 Å². The summed E-state index contributed by atoms with van der Waals surface area (Å²) in [6, 6.07) is 18.9. The van der Waals surface area contributed by atoms with Crippen molar-refractivity contribution in [1.82, 2.24) is 5.43 Å². The number of thiophene rings is 1. The number of hydrogen-bond donors (Lipinski definition) is 1. The third kappa shape index (κ3) is 3.13. The van der Waals surface area contributed by atoms with Crippen LogP contribution in [0.2, 0.25) is 0 Å². The first kappa shape index (κ1) is 15.8. The summed E-state index contributed by atoms with van der Waals surface area (Å²) in [4.78, 5) is 6.01. The molecule has 0 saturated heterocycles. The third-order valence-corrected chi connectivity index (χ3v) is 5.19. The average molecular weight is 345 g/mol. The molecule has 1 aliphatic heterocycles. The Morgan fingerprint density at radius 1 is 1.04 bits per heavy atom. The Kier molecular flexibility index (Phi) is 4.20.